The molecule has 0 saturated carbocycles. The number of carbonyl (C=O) groups excluding carboxylic acids is 1. The molecule has 0 unspecified atom stereocenters. The minimum absolute atomic E-state index is 0.134. The molecule has 17 heavy (non-hydrogen) atoms. The first-order valence-corrected chi connectivity index (χ1v) is 5.80. The lowest BCUT2D eigenvalue weighted by Gasteiger charge is -2.38. The third kappa shape index (κ3) is 2.35. The van der Waals surface area contributed by atoms with E-state index in [2.05, 4.69) is 30.2 Å². The summed E-state index contributed by atoms with van der Waals surface area (Å²) < 4.78 is 2.08. The summed E-state index contributed by atoms with van der Waals surface area (Å²) in [4.78, 5) is 13.7. The standard InChI is InChI=1S/C12H19N3O2/c1-12(2,3)15-5-4-14-7-9(11(16)13-17)6-10(14)8-15/h6-7,17H,4-5,8H2,1-3H3,(H,13,16). The Bertz CT molecular complexity index is 431. The summed E-state index contributed by atoms with van der Waals surface area (Å²) in [5.74, 6) is -0.450. The van der Waals surface area contributed by atoms with Crippen molar-refractivity contribution in [1.29, 1.82) is 0 Å². The van der Waals surface area contributed by atoms with Crippen molar-refractivity contribution in [3.8, 4) is 0 Å². The largest absolute Gasteiger partial charge is 0.348 e. The first-order chi connectivity index (χ1) is 7.91. The van der Waals surface area contributed by atoms with Gasteiger partial charge in [-0.2, -0.15) is 0 Å². The highest BCUT2D eigenvalue weighted by Gasteiger charge is 2.26. The van der Waals surface area contributed by atoms with Crippen molar-refractivity contribution in [2.45, 2.75) is 39.4 Å². The lowest BCUT2D eigenvalue weighted by molar-refractivity contribution is 0.0706. The van der Waals surface area contributed by atoms with Gasteiger partial charge in [-0.05, 0) is 26.8 Å². The molecule has 0 atom stereocenters. The van der Waals surface area contributed by atoms with Crippen molar-refractivity contribution in [3.05, 3.63) is 23.5 Å². The molecular formula is C12H19N3O2. The van der Waals surface area contributed by atoms with Crippen LogP contribution in [0.1, 0.15) is 36.8 Å². The van der Waals surface area contributed by atoms with Gasteiger partial charge in [-0.1, -0.05) is 0 Å². The first kappa shape index (κ1) is 12.1. The number of amides is 1. The van der Waals surface area contributed by atoms with E-state index in [9.17, 15) is 4.79 Å². The SMILES string of the molecule is CC(C)(C)N1CCn2cc(C(=O)NO)cc2C1. The van der Waals surface area contributed by atoms with Crippen LogP contribution in [0.3, 0.4) is 0 Å². The van der Waals surface area contributed by atoms with Crippen molar-refractivity contribution >= 4 is 5.91 Å². The van der Waals surface area contributed by atoms with Crippen LogP contribution in [0.5, 0.6) is 0 Å². The molecule has 0 fully saturated rings. The summed E-state index contributed by atoms with van der Waals surface area (Å²) in [6.45, 7) is 9.26. The lowest BCUT2D eigenvalue weighted by Crippen LogP contribution is -2.45. The normalized spacial score (nSPS) is 16.7. The summed E-state index contributed by atoms with van der Waals surface area (Å²) in [5.41, 5.74) is 3.43. The molecular weight excluding hydrogens is 218 g/mol. The van der Waals surface area contributed by atoms with Gasteiger partial charge < -0.3 is 4.57 Å². The Morgan fingerprint density at radius 2 is 2.12 bits per heavy atom. The van der Waals surface area contributed by atoms with E-state index in [0.29, 0.717) is 5.56 Å². The van der Waals surface area contributed by atoms with Gasteiger partial charge in [-0.3, -0.25) is 14.9 Å². The molecule has 2 rings (SSSR count). The second-order valence-electron chi connectivity index (χ2n) is 5.45. The van der Waals surface area contributed by atoms with Gasteiger partial charge in [0.1, 0.15) is 0 Å². The number of hydrogen-bond acceptors (Lipinski definition) is 3. The zero-order chi connectivity index (χ0) is 12.6. The summed E-state index contributed by atoms with van der Waals surface area (Å²) in [7, 11) is 0. The number of hydrogen-bond donors (Lipinski definition) is 2. The van der Waals surface area contributed by atoms with Gasteiger partial charge in [0.25, 0.3) is 5.91 Å². The van der Waals surface area contributed by atoms with Crippen LogP contribution in [0.15, 0.2) is 12.3 Å². The first-order valence-electron chi connectivity index (χ1n) is 5.80. The van der Waals surface area contributed by atoms with Gasteiger partial charge in [0.2, 0.25) is 0 Å². The van der Waals surface area contributed by atoms with E-state index in [1.165, 1.54) is 0 Å². The van der Waals surface area contributed by atoms with Crippen LogP contribution in [0.25, 0.3) is 0 Å². The van der Waals surface area contributed by atoms with Gasteiger partial charge in [0, 0.05) is 37.1 Å². The molecule has 2 N–H and O–H groups in total. The Morgan fingerprint density at radius 1 is 1.41 bits per heavy atom. The molecule has 1 amide bonds. The maximum Gasteiger partial charge on any atom is 0.276 e. The van der Waals surface area contributed by atoms with Crippen molar-refractivity contribution < 1.29 is 10.0 Å². The lowest BCUT2D eigenvalue weighted by atomic mass is 10.0. The molecule has 1 aromatic heterocycles. The minimum Gasteiger partial charge on any atom is -0.348 e. The quantitative estimate of drug-likeness (QED) is 0.570. The number of fused-ring (bicyclic) bond motifs is 1. The molecule has 0 aliphatic carbocycles. The molecule has 0 radical (unpaired) electrons. The number of nitrogens with one attached hydrogen (secondary N) is 1. The van der Waals surface area contributed by atoms with Crippen LogP contribution in [-0.2, 0) is 13.1 Å². The molecule has 0 bridgehead atoms. The van der Waals surface area contributed by atoms with Crippen LogP contribution in [0.4, 0.5) is 0 Å². The summed E-state index contributed by atoms with van der Waals surface area (Å²) in [6.07, 6.45) is 1.79. The van der Waals surface area contributed by atoms with E-state index in [0.717, 1.165) is 25.3 Å². The molecule has 0 saturated heterocycles. The highest BCUT2D eigenvalue weighted by Crippen LogP contribution is 2.22. The second-order valence-corrected chi connectivity index (χ2v) is 5.45. The van der Waals surface area contributed by atoms with Gasteiger partial charge in [-0.25, -0.2) is 5.48 Å². The molecule has 2 heterocycles. The Kier molecular flexibility index (Phi) is 2.97. The van der Waals surface area contributed by atoms with Crippen LogP contribution in [0.2, 0.25) is 0 Å². The molecule has 0 spiro atoms. The molecule has 0 aromatic carbocycles. The van der Waals surface area contributed by atoms with E-state index >= 15 is 0 Å². The van der Waals surface area contributed by atoms with Crippen LogP contribution in [-0.4, -0.2) is 32.7 Å². The summed E-state index contributed by atoms with van der Waals surface area (Å²) >= 11 is 0. The minimum atomic E-state index is -0.450. The Hall–Kier alpha value is -1.33. The fourth-order valence-corrected chi connectivity index (χ4v) is 2.16. The maximum absolute atomic E-state index is 11.3. The molecule has 5 nitrogen and oxygen atoms in total. The van der Waals surface area contributed by atoms with E-state index in [4.69, 9.17) is 5.21 Å². The van der Waals surface area contributed by atoms with Crippen molar-refractivity contribution in [2.24, 2.45) is 0 Å². The maximum atomic E-state index is 11.3. The van der Waals surface area contributed by atoms with Gasteiger partial charge in [0.05, 0.1) is 5.56 Å². The number of nitrogens with zero attached hydrogens (tertiary/aromatic N) is 2. The Morgan fingerprint density at radius 3 is 2.71 bits per heavy atom. The van der Waals surface area contributed by atoms with Crippen molar-refractivity contribution in [2.75, 3.05) is 6.54 Å². The fraction of sp³-hybridized carbons (Fsp3) is 0.583. The van der Waals surface area contributed by atoms with Crippen LogP contribution < -0.4 is 5.48 Å². The average Bonchev–Trinajstić information content (AvgIpc) is 2.69. The topological polar surface area (TPSA) is 57.5 Å². The Balaban J connectivity index is 2.21. The number of hydroxylamine groups is 1. The Labute approximate surface area is 101 Å². The number of carbonyl (C=O) groups is 1. The third-order valence-electron chi connectivity index (χ3n) is 3.26. The van der Waals surface area contributed by atoms with E-state index in [-0.39, 0.29) is 5.54 Å². The zero-order valence-electron chi connectivity index (χ0n) is 10.5. The number of aromatic nitrogens is 1. The van der Waals surface area contributed by atoms with Gasteiger partial charge >= 0.3 is 0 Å². The second kappa shape index (κ2) is 4.16. The van der Waals surface area contributed by atoms with Gasteiger partial charge in [-0.15, -0.1) is 0 Å². The zero-order valence-corrected chi connectivity index (χ0v) is 10.5. The summed E-state index contributed by atoms with van der Waals surface area (Å²) in [5, 5.41) is 8.61. The van der Waals surface area contributed by atoms with Gasteiger partial charge in [0.15, 0.2) is 0 Å². The van der Waals surface area contributed by atoms with Crippen molar-refractivity contribution in [1.82, 2.24) is 14.9 Å². The van der Waals surface area contributed by atoms with Crippen LogP contribution in [0, 0.1) is 0 Å². The monoisotopic (exact) mass is 237 g/mol. The average molecular weight is 237 g/mol. The highest BCUT2D eigenvalue weighted by molar-refractivity contribution is 5.93. The van der Waals surface area contributed by atoms with E-state index in [1.807, 2.05) is 6.07 Å². The number of rotatable bonds is 1. The smallest absolute Gasteiger partial charge is 0.276 e. The molecule has 5 heteroatoms. The fourth-order valence-electron chi connectivity index (χ4n) is 2.16. The third-order valence-corrected chi connectivity index (χ3v) is 3.26. The predicted octanol–water partition coefficient (Wildman–Crippen LogP) is 1.22. The van der Waals surface area contributed by atoms with Crippen molar-refractivity contribution in [3.63, 3.8) is 0 Å². The molecule has 94 valence electrons. The predicted molar refractivity (Wildman–Crippen MR) is 63.8 cm³/mol. The highest BCUT2D eigenvalue weighted by atomic mass is 16.5. The summed E-state index contributed by atoms with van der Waals surface area (Å²) in [6, 6.07) is 1.84. The molecule has 1 aliphatic heterocycles. The molecule has 1 aromatic rings. The van der Waals surface area contributed by atoms with Crippen LogP contribution >= 0.6 is 0 Å². The van der Waals surface area contributed by atoms with E-state index in [1.54, 1.807) is 11.7 Å². The van der Waals surface area contributed by atoms with E-state index < -0.39 is 5.91 Å². The molecule has 1 aliphatic rings.